The lowest BCUT2D eigenvalue weighted by atomic mass is 9.71. The molecule has 92 heavy (non-hydrogen) atoms. The van der Waals surface area contributed by atoms with Gasteiger partial charge in [-0.2, -0.15) is 0 Å². The molecule has 5 saturated heterocycles. The average Bonchev–Trinajstić information content (AvgIpc) is 3.51. The van der Waals surface area contributed by atoms with Crippen molar-refractivity contribution in [2.45, 2.75) is 308 Å². The van der Waals surface area contributed by atoms with E-state index in [4.69, 9.17) is 0 Å². The number of aryl methyl sites for hydroxylation is 1. The maximum atomic E-state index is 2.63. The summed E-state index contributed by atoms with van der Waals surface area (Å²) in [6.45, 7) is 22.6. The lowest BCUT2D eigenvalue weighted by Gasteiger charge is -2.45. The van der Waals surface area contributed by atoms with Crippen LogP contribution in [0.5, 0.6) is 0 Å². The van der Waals surface area contributed by atoms with E-state index in [1.54, 1.807) is 0 Å². The van der Waals surface area contributed by atoms with Crippen LogP contribution in [0.15, 0.2) is 72.8 Å². The summed E-state index contributed by atoms with van der Waals surface area (Å²) >= 11 is 0. The van der Waals surface area contributed by atoms with Crippen LogP contribution in [0.3, 0.4) is 0 Å². The summed E-state index contributed by atoms with van der Waals surface area (Å²) in [5.41, 5.74) is 8.84. The molecule has 13 aliphatic rings. The van der Waals surface area contributed by atoms with Crippen molar-refractivity contribution in [1.29, 1.82) is 0 Å². The van der Waals surface area contributed by atoms with Gasteiger partial charge in [-0.15, -0.1) is 0 Å². The van der Waals surface area contributed by atoms with E-state index in [0.29, 0.717) is 18.1 Å². The molecule has 518 valence electrons. The number of piperidine rings is 3. The van der Waals surface area contributed by atoms with Crippen LogP contribution in [0.2, 0.25) is 0 Å². The van der Waals surface area contributed by atoms with Crippen LogP contribution in [-0.2, 0) is 19.3 Å². The second-order valence-corrected chi connectivity index (χ2v) is 33.1. The first-order chi connectivity index (χ1) is 44.3. The molecule has 0 radical (unpaired) electrons. The summed E-state index contributed by atoms with van der Waals surface area (Å²) in [5.74, 6) is 7.36. The number of likely N-dealkylation sites (N-methyl/N-ethyl adjacent to an activating group) is 2. The molecule has 18 unspecified atom stereocenters. The van der Waals surface area contributed by atoms with Crippen molar-refractivity contribution in [2.24, 2.45) is 41.4 Å². The molecule has 5 saturated carbocycles. The Morgan fingerprint density at radius 1 is 0.315 bits per heavy atom. The molecule has 0 aromatic heterocycles. The summed E-state index contributed by atoms with van der Waals surface area (Å²) in [7, 11) is 18.0. The molecule has 16 rings (SSSR count). The zero-order chi connectivity index (χ0) is 65.6. The van der Waals surface area contributed by atoms with Crippen molar-refractivity contribution in [2.75, 3.05) is 85.8 Å². The monoisotopic (exact) mass is 1260 g/mol. The van der Waals surface area contributed by atoms with Gasteiger partial charge in [-0.05, 0) is 296 Å². The number of hydrogen-bond donors (Lipinski definition) is 0. The topological polar surface area (TPSA) is 25.9 Å². The minimum Gasteiger partial charge on any atom is -0.372 e. The quantitative estimate of drug-likeness (QED) is 0.220. The molecule has 8 heteroatoms. The highest BCUT2D eigenvalue weighted by Gasteiger charge is 2.41. The van der Waals surface area contributed by atoms with E-state index >= 15 is 0 Å². The van der Waals surface area contributed by atoms with E-state index in [1.165, 1.54) is 239 Å². The number of para-hydroxylation sites is 2. The smallest absolute Gasteiger partial charge is 0.0399 e. The first-order valence-electron chi connectivity index (χ1n) is 39.2. The molecular formula is C84H142N8. The Bertz CT molecular complexity index is 2480. The Kier molecular flexibility index (Phi) is 28.3. The fourth-order valence-corrected chi connectivity index (χ4v) is 20.3. The zero-order valence-corrected chi connectivity index (χ0v) is 62.5. The first kappa shape index (κ1) is 73.3. The minimum absolute atomic E-state index is 0.593. The molecule has 8 aliphatic heterocycles. The predicted molar refractivity (Wildman–Crippen MR) is 399 cm³/mol. The van der Waals surface area contributed by atoms with Crippen LogP contribution in [-0.4, -0.2) is 166 Å². The molecule has 5 aliphatic carbocycles. The van der Waals surface area contributed by atoms with Gasteiger partial charge < -0.3 is 34.3 Å². The van der Waals surface area contributed by atoms with Gasteiger partial charge in [0.05, 0.1) is 0 Å². The number of nitrogens with zero attached hydrogens (tertiary/aromatic N) is 8. The van der Waals surface area contributed by atoms with E-state index in [0.717, 1.165) is 89.8 Å². The Labute approximate surface area is 568 Å². The van der Waals surface area contributed by atoms with Crippen molar-refractivity contribution < 1.29 is 0 Å². The van der Waals surface area contributed by atoms with Crippen LogP contribution in [0.1, 0.15) is 251 Å². The third-order valence-corrected chi connectivity index (χ3v) is 27.7. The number of hydrogen-bond acceptors (Lipinski definition) is 8. The number of likely N-dealkylation sites (tertiary alicyclic amines) is 5. The van der Waals surface area contributed by atoms with Crippen LogP contribution in [0.4, 0.5) is 11.4 Å². The lowest BCUT2D eigenvalue weighted by molar-refractivity contribution is 0.0447. The number of benzene rings is 3. The summed E-state index contributed by atoms with van der Waals surface area (Å²) in [6.07, 6.45) is 42.0. The molecule has 8 heterocycles. The van der Waals surface area contributed by atoms with Crippen LogP contribution in [0.25, 0.3) is 0 Å². The van der Waals surface area contributed by atoms with Gasteiger partial charge in [0.25, 0.3) is 0 Å². The van der Waals surface area contributed by atoms with Crippen molar-refractivity contribution in [1.82, 2.24) is 29.4 Å². The molecule has 3 aromatic rings. The summed E-state index contributed by atoms with van der Waals surface area (Å²) < 4.78 is 0. The molecule has 0 bridgehead atoms. The van der Waals surface area contributed by atoms with Gasteiger partial charge in [0.2, 0.25) is 0 Å². The molecule has 0 amide bonds. The largest absolute Gasteiger partial charge is 0.372 e. The van der Waals surface area contributed by atoms with Gasteiger partial charge in [0.15, 0.2) is 0 Å². The summed E-state index contributed by atoms with van der Waals surface area (Å²) in [5, 5.41) is 0. The van der Waals surface area contributed by atoms with E-state index in [9.17, 15) is 0 Å². The summed E-state index contributed by atoms with van der Waals surface area (Å²) in [4.78, 5) is 20.0. The SMILES string of the molecule is CC1C2CCCCC2CCN1C.CC1CC2CCCC2N1C.CC1CC2CCCCC2CN1C.CC1CC2CCCCC2N1C.CC1CCC2CCCCC2N1C.CC1CCc2ccccc2N1C.CC1Cc2ccccc2N1C.CC1c2ccccc2CCN1C. The highest BCUT2D eigenvalue weighted by atomic mass is 15.2. The summed E-state index contributed by atoms with van der Waals surface area (Å²) in [6, 6.07) is 35.1. The fraction of sp³-hybridized carbons (Fsp3) is 0.786. The van der Waals surface area contributed by atoms with E-state index in [2.05, 4.69) is 224 Å². The van der Waals surface area contributed by atoms with E-state index in [1.807, 2.05) is 0 Å². The maximum Gasteiger partial charge on any atom is 0.0399 e. The van der Waals surface area contributed by atoms with Gasteiger partial charge in [-0.1, -0.05) is 131 Å². The third-order valence-electron chi connectivity index (χ3n) is 27.7. The zero-order valence-electron chi connectivity index (χ0n) is 62.5. The van der Waals surface area contributed by atoms with Gasteiger partial charge >= 0.3 is 0 Å². The molecule has 10 fully saturated rings. The van der Waals surface area contributed by atoms with Crippen LogP contribution < -0.4 is 9.80 Å². The van der Waals surface area contributed by atoms with E-state index < -0.39 is 0 Å². The van der Waals surface area contributed by atoms with Crippen molar-refractivity contribution >= 4 is 11.4 Å². The Morgan fingerprint density at radius 2 is 0.793 bits per heavy atom. The Balaban J connectivity index is 0.000000124. The number of fused-ring (bicyclic) bond motifs is 8. The van der Waals surface area contributed by atoms with Crippen LogP contribution in [0, 0.1) is 41.4 Å². The Morgan fingerprint density at radius 3 is 1.43 bits per heavy atom. The third kappa shape index (κ3) is 19.0. The Hall–Kier alpha value is -2.98. The second-order valence-electron chi connectivity index (χ2n) is 33.1. The predicted octanol–water partition coefficient (Wildman–Crippen LogP) is 18.6. The number of rotatable bonds is 0. The second kappa shape index (κ2) is 35.5. The van der Waals surface area contributed by atoms with Gasteiger partial charge in [0, 0.05) is 105 Å². The lowest BCUT2D eigenvalue weighted by Crippen LogP contribution is -2.48. The van der Waals surface area contributed by atoms with Crippen molar-refractivity contribution in [3.05, 3.63) is 95.1 Å². The highest BCUT2D eigenvalue weighted by Crippen LogP contribution is 2.43. The average molecular weight is 1260 g/mol. The van der Waals surface area contributed by atoms with Gasteiger partial charge in [-0.3, -0.25) is 4.90 Å². The number of anilines is 2. The fourth-order valence-electron chi connectivity index (χ4n) is 20.3. The minimum atomic E-state index is 0.593. The maximum absolute atomic E-state index is 2.63. The normalized spacial score (nSPS) is 36.5. The standard InChI is InChI=1S/2C11H21N.C11H15N.C11H21N.C11H15N.C10H19N.C10H13N.C9H17N/c1-9-7-10-5-3-4-6-11(10)8-12(9)2;2*1-9-11-6-4-3-5-10(11)7-8-12(9)2;2*1-9-7-8-10-5-3-4-6-11(10)12(9)2;2*1-8-7-9-5-3-4-6-10(9)11(8)2;1-7-6-8-4-3-5-9(8)10(7)2/h2*9-11H,3-8H2,1-2H3;3-6,9H,7-8H2,1-2H3;9-11H,3-8H2,1-2H3;3-6,9H,7-8H2,1-2H3;8-10H,3-7H2,1-2H3;3-6,8H,7H2,1-2H3;7-9H,3-6H2,1-2H3. The molecule has 0 N–H and O–H groups in total. The molecule has 0 spiro atoms. The molecule has 3 aromatic carbocycles. The van der Waals surface area contributed by atoms with Gasteiger partial charge in [0.1, 0.15) is 0 Å². The molecule has 18 atom stereocenters. The van der Waals surface area contributed by atoms with E-state index in [-0.39, 0.29) is 0 Å². The molecule has 8 nitrogen and oxygen atoms in total. The van der Waals surface area contributed by atoms with Crippen molar-refractivity contribution in [3.8, 4) is 0 Å². The van der Waals surface area contributed by atoms with Crippen LogP contribution >= 0.6 is 0 Å². The molecular weight excluding hydrogens is 1120 g/mol. The highest BCUT2D eigenvalue weighted by molar-refractivity contribution is 5.58. The van der Waals surface area contributed by atoms with Gasteiger partial charge in [-0.25, -0.2) is 0 Å². The first-order valence-corrected chi connectivity index (χ1v) is 39.2. The van der Waals surface area contributed by atoms with Crippen molar-refractivity contribution in [3.63, 3.8) is 0 Å².